The fourth-order valence-electron chi connectivity index (χ4n) is 2.28. The van der Waals surface area contributed by atoms with Gasteiger partial charge in [-0.25, -0.2) is 0 Å². The molecule has 0 aromatic rings. The Morgan fingerprint density at radius 3 is 2.47 bits per heavy atom. The van der Waals surface area contributed by atoms with E-state index in [0.717, 1.165) is 17.9 Å². The third kappa shape index (κ3) is 5.35. The van der Waals surface area contributed by atoms with Gasteiger partial charge < -0.3 is 4.74 Å². The maximum absolute atomic E-state index is 6.01. The number of halogens is 1. The summed E-state index contributed by atoms with van der Waals surface area (Å²) in [6, 6.07) is 0. The van der Waals surface area contributed by atoms with Gasteiger partial charge in [0.25, 0.3) is 0 Å². The fraction of sp³-hybridized carbons (Fsp3) is 1.00. The molecule has 1 fully saturated rings. The lowest BCUT2D eigenvalue weighted by molar-refractivity contribution is 0.00306. The van der Waals surface area contributed by atoms with Crippen molar-refractivity contribution in [3.63, 3.8) is 0 Å². The van der Waals surface area contributed by atoms with Gasteiger partial charge in [0.15, 0.2) is 0 Å². The van der Waals surface area contributed by atoms with Gasteiger partial charge in [0.2, 0.25) is 0 Å². The molecule has 0 N–H and O–H groups in total. The summed E-state index contributed by atoms with van der Waals surface area (Å²) in [5.41, 5.74) is 0. The van der Waals surface area contributed by atoms with Crippen LogP contribution in [0, 0.1) is 11.8 Å². The average Bonchev–Trinajstić information content (AvgIpc) is 2.26. The van der Waals surface area contributed by atoms with Gasteiger partial charge >= 0.3 is 0 Å². The van der Waals surface area contributed by atoms with Gasteiger partial charge in [-0.1, -0.05) is 36.2 Å². The summed E-state index contributed by atoms with van der Waals surface area (Å²) in [7, 11) is 0. The second-order valence-corrected chi connectivity index (χ2v) is 5.67. The van der Waals surface area contributed by atoms with Crippen molar-refractivity contribution in [1.82, 2.24) is 0 Å². The van der Waals surface area contributed by atoms with Gasteiger partial charge in [0.1, 0.15) is 0 Å². The predicted octanol–water partition coefficient (Wildman–Crippen LogP) is 4.39. The molecule has 2 heteroatoms. The van der Waals surface area contributed by atoms with Crippen LogP contribution in [0.5, 0.6) is 0 Å². The first kappa shape index (κ1) is 13.5. The molecule has 1 unspecified atom stereocenters. The summed E-state index contributed by atoms with van der Waals surface area (Å²) in [5, 5.41) is 1.09. The first-order chi connectivity index (χ1) is 7.26. The first-order valence-electron chi connectivity index (χ1n) is 6.43. The van der Waals surface area contributed by atoms with Crippen molar-refractivity contribution in [2.45, 2.75) is 58.5 Å². The maximum atomic E-state index is 6.01. The van der Waals surface area contributed by atoms with Crippen LogP contribution in [0.25, 0.3) is 0 Å². The van der Waals surface area contributed by atoms with Gasteiger partial charge in [-0.2, -0.15) is 0 Å². The summed E-state index contributed by atoms with van der Waals surface area (Å²) in [6.45, 7) is 5.56. The van der Waals surface area contributed by atoms with Crippen LogP contribution in [0.1, 0.15) is 52.4 Å². The molecule has 0 amide bonds. The molecule has 0 aromatic carbocycles. The van der Waals surface area contributed by atoms with E-state index in [0.29, 0.717) is 12.0 Å². The van der Waals surface area contributed by atoms with E-state index in [4.69, 9.17) is 4.74 Å². The largest absolute Gasteiger partial charge is 0.378 e. The molecule has 1 aliphatic carbocycles. The molecule has 90 valence electrons. The average molecular weight is 277 g/mol. The Morgan fingerprint density at radius 2 is 1.93 bits per heavy atom. The molecule has 0 aliphatic heterocycles. The lowest BCUT2D eigenvalue weighted by atomic mass is 9.89. The molecule has 0 aromatic heterocycles. The van der Waals surface area contributed by atoms with E-state index >= 15 is 0 Å². The van der Waals surface area contributed by atoms with E-state index in [9.17, 15) is 0 Å². The second kappa shape index (κ2) is 7.67. The molecule has 1 rings (SSSR count). The van der Waals surface area contributed by atoms with Crippen LogP contribution in [-0.2, 0) is 4.74 Å². The highest BCUT2D eigenvalue weighted by Crippen LogP contribution is 2.26. The van der Waals surface area contributed by atoms with Crippen molar-refractivity contribution in [1.29, 1.82) is 0 Å². The van der Waals surface area contributed by atoms with Crippen LogP contribution in [0.2, 0.25) is 0 Å². The minimum Gasteiger partial charge on any atom is -0.378 e. The molecule has 0 heterocycles. The van der Waals surface area contributed by atoms with Crippen molar-refractivity contribution in [2.75, 3.05) is 11.9 Å². The number of hydrogen-bond donors (Lipinski definition) is 0. The van der Waals surface area contributed by atoms with E-state index in [1.807, 2.05) is 0 Å². The standard InChI is InChI=1S/C13H25BrO/c1-3-4-12(9-14)10-15-13-7-5-11(2)6-8-13/h11-13H,3-10H2,1-2H3. The third-order valence-corrected chi connectivity index (χ3v) is 4.36. The molecular formula is C13H25BrO. The quantitative estimate of drug-likeness (QED) is 0.654. The van der Waals surface area contributed by atoms with Crippen molar-refractivity contribution in [3.8, 4) is 0 Å². The molecule has 0 saturated heterocycles. The highest BCUT2D eigenvalue weighted by molar-refractivity contribution is 9.09. The lowest BCUT2D eigenvalue weighted by Gasteiger charge is -2.27. The van der Waals surface area contributed by atoms with E-state index in [1.54, 1.807) is 0 Å². The molecule has 1 atom stereocenters. The molecule has 0 bridgehead atoms. The summed E-state index contributed by atoms with van der Waals surface area (Å²) < 4.78 is 6.01. The summed E-state index contributed by atoms with van der Waals surface area (Å²) in [6.07, 6.45) is 8.38. The van der Waals surface area contributed by atoms with Crippen LogP contribution >= 0.6 is 15.9 Å². The van der Waals surface area contributed by atoms with Gasteiger partial charge in [-0.15, -0.1) is 0 Å². The number of rotatable bonds is 6. The molecule has 0 spiro atoms. The topological polar surface area (TPSA) is 9.23 Å². The Morgan fingerprint density at radius 1 is 1.27 bits per heavy atom. The molecule has 0 radical (unpaired) electrons. The molecule has 1 aliphatic rings. The van der Waals surface area contributed by atoms with E-state index in [-0.39, 0.29) is 0 Å². The van der Waals surface area contributed by atoms with Gasteiger partial charge in [0.05, 0.1) is 12.7 Å². The molecule has 1 nitrogen and oxygen atoms in total. The predicted molar refractivity (Wildman–Crippen MR) is 69.6 cm³/mol. The van der Waals surface area contributed by atoms with Crippen molar-refractivity contribution in [2.24, 2.45) is 11.8 Å². The Balaban J connectivity index is 2.12. The van der Waals surface area contributed by atoms with Crippen LogP contribution in [-0.4, -0.2) is 18.0 Å². The number of ether oxygens (including phenoxy) is 1. The fourth-order valence-corrected chi connectivity index (χ4v) is 2.79. The van der Waals surface area contributed by atoms with Crippen molar-refractivity contribution < 1.29 is 4.74 Å². The Hall–Kier alpha value is 0.440. The summed E-state index contributed by atoms with van der Waals surface area (Å²) >= 11 is 3.57. The smallest absolute Gasteiger partial charge is 0.0575 e. The first-order valence-corrected chi connectivity index (χ1v) is 7.56. The zero-order valence-corrected chi connectivity index (χ0v) is 11.8. The summed E-state index contributed by atoms with van der Waals surface area (Å²) in [4.78, 5) is 0. The zero-order valence-electron chi connectivity index (χ0n) is 10.2. The van der Waals surface area contributed by atoms with Gasteiger partial charge in [-0.3, -0.25) is 0 Å². The number of alkyl halides is 1. The maximum Gasteiger partial charge on any atom is 0.0575 e. The normalized spacial score (nSPS) is 29.0. The minimum atomic E-state index is 0.555. The lowest BCUT2D eigenvalue weighted by Crippen LogP contribution is -2.23. The second-order valence-electron chi connectivity index (χ2n) is 5.02. The molecule has 15 heavy (non-hydrogen) atoms. The zero-order chi connectivity index (χ0) is 11.1. The monoisotopic (exact) mass is 276 g/mol. The van der Waals surface area contributed by atoms with E-state index in [1.165, 1.54) is 38.5 Å². The minimum absolute atomic E-state index is 0.555. The Bertz CT molecular complexity index is 153. The number of hydrogen-bond acceptors (Lipinski definition) is 1. The van der Waals surface area contributed by atoms with Gasteiger partial charge in [0, 0.05) is 5.33 Å². The van der Waals surface area contributed by atoms with Crippen LogP contribution in [0.4, 0.5) is 0 Å². The van der Waals surface area contributed by atoms with E-state index in [2.05, 4.69) is 29.8 Å². The van der Waals surface area contributed by atoms with Crippen molar-refractivity contribution >= 4 is 15.9 Å². The van der Waals surface area contributed by atoms with Crippen LogP contribution in [0.15, 0.2) is 0 Å². The molecule has 1 saturated carbocycles. The Kier molecular flexibility index (Phi) is 6.91. The van der Waals surface area contributed by atoms with Crippen LogP contribution < -0.4 is 0 Å². The Labute approximate surface area is 103 Å². The molecular weight excluding hydrogens is 252 g/mol. The highest BCUT2D eigenvalue weighted by atomic mass is 79.9. The third-order valence-electron chi connectivity index (χ3n) is 3.45. The summed E-state index contributed by atoms with van der Waals surface area (Å²) in [5.74, 6) is 1.64. The van der Waals surface area contributed by atoms with E-state index < -0.39 is 0 Å². The van der Waals surface area contributed by atoms with Crippen LogP contribution in [0.3, 0.4) is 0 Å². The van der Waals surface area contributed by atoms with Crippen molar-refractivity contribution in [3.05, 3.63) is 0 Å². The SMILES string of the molecule is CCCC(CBr)COC1CCC(C)CC1. The highest BCUT2D eigenvalue weighted by Gasteiger charge is 2.19. The van der Waals surface area contributed by atoms with Gasteiger partial charge in [-0.05, 0) is 43.9 Å².